The summed E-state index contributed by atoms with van der Waals surface area (Å²) in [4.78, 5) is 10.8. The fourth-order valence-electron chi connectivity index (χ4n) is 2.32. The molecule has 0 radical (unpaired) electrons. The van der Waals surface area contributed by atoms with E-state index in [1.54, 1.807) is 0 Å². The summed E-state index contributed by atoms with van der Waals surface area (Å²) in [5, 5.41) is 11.7. The number of rotatable bonds is 3. The highest BCUT2D eigenvalue weighted by atomic mass is 19.4. The molecule has 1 fully saturated rings. The van der Waals surface area contributed by atoms with Gasteiger partial charge in [0.2, 0.25) is 0 Å². The molecule has 0 saturated carbocycles. The minimum Gasteiger partial charge on any atom is -0.480 e. The van der Waals surface area contributed by atoms with E-state index in [0.717, 1.165) is 17.7 Å². The van der Waals surface area contributed by atoms with Crippen LogP contribution in [0, 0.1) is 5.92 Å². The Hall–Kier alpha value is -1.56. The predicted octanol–water partition coefficient (Wildman–Crippen LogP) is 2.31. The van der Waals surface area contributed by atoms with E-state index in [1.165, 1.54) is 12.1 Å². The lowest BCUT2D eigenvalue weighted by atomic mass is 9.96. The van der Waals surface area contributed by atoms with Gasteiger partial charge in [0, 0.05) is 0 Å². The first-order valence-electron chi connectivity index (χ1n) is 5.98. The highest BCUT2D eigenvalue weighted by Gasteiger charge is 2.31. The largest absolute Gasteiger partial charge is 0.480 e. The molecule has 0 aliphatic carbocycles. The number of aliphatic carboxylic acids is 1. The van der Waals surface area contributed by atoms with E-state index in [9.17, 15) is 18.0 Å². The highest BCUT2D eigenvalue weighted by Crippen LogP contribution is 2.29. The van der Waals surface area contributed by atoms with Crippen molar-refractivity contribution >= 4 is 5.97 Å². The predicted molar refractivity (Wildman–Crippen MR) is 62.7 cm³/mol. The number of alkyl halides is 3. The van der Waals surface area contributed by atoms with Gasteiger partial charge in [-0.2, -0.15) is 13.2 Å². The Bertz CT molecular complexity index is 456. The normalized spacial score (nSPS) is 23.5. The molecular weight excluding hydrogens is 259 g/mol. The van der Waals surface area contributed by atoms with Crippen LogP contribution in [-0.4, -0.2) is 23.7 Å². The van der Waals surface area contributed by atoms with Crippen molar-refractivity contribution in [3.05, 3.63) is 35.4 Å². The van der Waals surface area contributed by atoms with Gasteiger partial charge in [0.25, 0.3) is 0 Å². The summed E-state index contributed by atoms with van der Waals surface area (Å²) in [6.07, 6.45) is -3.22. The minimum atomic E-state index is -4.32. The topological polar surface area (TPSA) is 49.3 Å². The van der Waals surface area contributed by atoms with Crippen LogP contribution in [0.4, 0.5) is 13.2 Å². The van der Waals surface area contributed by atoms with E-state index in [4.69, 9.17) is 5.11 Å². The zero-order chi connectivity index (χ0) is 14.0. The molecule has 1 heterocycles. The quantitative estimate of drug-likeness (QED) is 0.888. The molecule has 1 saturated heterocycles. The third-order valence-electron chi connectivity index (χ3n) is 3.33. The van der Waals surface area contributed by atoms with Gasteiger partial charge in [-0.05, 0) is 43.0 Å². The zero-order valence-corrected chi connectivity index (χ0v) is 10.1. The number of carboxylic acids is 1. The summed E-state index contributed by atoms with van der Waals surface area (Å²) in [5.74, 6) is -0.729. The number of halogens is 3. The van der Waals surface area contributed by atoms with Gasteiger partial charge >= 0.3 is 12.1 Å². The summed E-state index contributed by atoms with van der Waals surface area (Å²) < 4.78 is 37.2. The van der Waals surface area contributed by atoms with Gasteiger partial charge in [-0.3, -0.25) is 4.79 Å². The van der Waals surface area contributed by atoms with Gasteiger partial charge in [-0.1, -0.05) is 12.1 Å². The Balaban J connectivity index is 1.96. The number of benzene rings is 1. The third-order valence-corrected chi connectivity index (χ3v) is 3.33. The summed E-state index contributed by atoms with van der Waals surface area (Å²) in [6.45, 7) is 0.581. The summed E-state index contributed by atoms with van der Waals surface area (Å²) in [6, 6.07) is 4.49. The number of hydrogen-bond donors (Lipinski definition) is 2. The van der Waals surface area contributed by atoms with Crippen LogP contribution in [0.3, 0.4) is 0 Å². The first kappa shape index (κ1) is 13.9. The van der Waals surface area contributed by atoms with Crippen molar-refractivity contribution in [1.29, 1.82) is 0 Å². The average molecular weight is 273 g/mol. The first-order valence-corrected chi connectivity index (χ1v) is 5.98. The van der Waals surface area contributed by atoms with Gasteiger partial charge in [0.1, 0.15) is 6.04 Å². The summed E-state index contributed by atoms with van der Waals surface area (Å²) >= 11 is 0. The monoisotopic (exact) mass is 273 g/mol. The van der Waals surface area contributed by atoms with Crippen LogP contribution in [0.5, 0.6) is 0 Å². The molecule has 2 rings (SSSR count). The van der Waals surface area contributed by atoms with Crippen molar-refractivity contribution in [2.45, 2.75) is 25.1 Å². The van der Waals surface area contributed by atoms with Gasteiger partial charge in [0.05, 0.1) is 5.56 Å². The van der Waals surface area contributed by atoms with Crippen molar-refractivity contribution in [2.24, 2.45) is 5.92 Å². The molecule has 1 aromatic rings. The number of carbonyl (C=O) groups is 1. The standard InChI is InChI=1S/C13H14F3NO2/c14-13(15,16)10-3-1-8(2-4-10)5-9-6-11(12(18)19)17-7-9/h1-4,9,11,17H,5-7H2,(H,18,19)/t9?,11-/m1/s1. The molecule has 0 amide bonds. The Labute approximate surface area is 108 Å². The van der Waals surface area contributed by atoms with Crippen molar-refractivity contribution in [2.75, 3.05) is 6.54 Å². The van der Waals surface area contributed by atoms with E-state index in [1.807, 2.05) is 0 Å². The zero-order valence-electron chi connectivity index (χ0n) is 10.1. The lowest BCUT2D eigenvalue weighted by molar-refractivity contribution is -0.139. The molecule has 6 heteroatoms. The molecule has 2 N–H and O–H groups in total. The molecule has 19 heavy (non-hydrogen) atoms. The van der Waals surface area contributed by atoms with Crippen molar-refractivity contribution in [3.63, 3.8) is 0 Å². The molecule has 104 valence electrons. The maximum absolute atomic E-state index is 12.4. The second-order valence-corrected chi connectivity index (χ2v) is 4.80. The van der Waals surface area contributed by atoms with Crippen molar-refractivity contribution in [3.8, 4) is 0 Å². The van der Waals surface area contributed by atoms with E-state index in [-0.39, 0.29) is 5.92 Å². The van der Waals surface area contributed by atoms with Crippen LogP contribution >= 0.6 is 0 Å². The van der Waals surface area contributed by atoms with E-state index >= 15 is 0 Å². The van der Waals surface area contributed by atoms with Crippen LogP contribution in [-0.2, 0) is 17.4 Å². The molecule has 0 bridgehead atoms. The Kier molecular flexibility index (Phi) is 3.80. The molecule has 0 spiro atoms. The molecule has 1 aliphatic heterocycles. The molecular formula is C13H14F3NO2. The van der Waals surface area contributed by atoms with Gasteiger partial charge < -0.3 is 10.4 Å². The van der Waals surface area contributed by atoms with Crippen LogP contribution in [0.15, 0.2) is 24.3 Å². The van der Waals surface area contributed by atoms with Gasteiger partial charge in [0.15, 0.2) is 0 Å². The number of hydrogen-bond acceptors (Lipinski definition) is 2. The molecule has 3 nitrogen and oxygen atoms in total. The Morgan fingerprint density at radius 1 is 1.32 bits per heavy atom. The second-order valence-electron chi connectivity index (χ2n) is 4.80. The van der Waals surface area contributed by atoms with E-state index < -0.39 is 23.8 Å². The average Bonchev–Trinajstić information content (AvgIpc) is 2.77. The van der Waals surface area contributed by atoms with Crippen LogP contribution in [0.25, 0.3) is 0 Å². The number of carboxylic acid groups (broad SMARTS) is 1. The Morgan fingerprint density at radius 2 is 1.95 bits per heavy atom. The van der Waals surface area contributed by atoms with E-state index in [0.29, 0.717) is 19.4 Å². The van der Waals surface area contributed by atoms with Crippen LogP contribution in [0.2, 0.25) is 0 Å². The maximum atomic E-state index is 12.4. The Morgan fingerprint density at radius 3 is 2.42 bits per heavy atom. The van der Waals surface area contributed by atoms with Gasteiger partial charge in [-0.15, -0.1) is 0 Å². The second kappa shape index (κ2) is 5.21. The van der Waals surface area contributed by atoms with Crippen molar-refractivity contribution in [1.82, 2.24) is 5.32 Å². The van der Waals surface area contributed by atoms with E-state index in [2.05, 4.69) is 5.32 Å². The lowest BCUT2D eigenvalue weighted by Crippen LogP contribution is -2.29. The van der Waals surface area contributed by atoms with Gasteiger partial charge in [-0.25, -0.2) is 0 Å². The van der Waals surface area contributed by atoms with Crippen LogP contribution in [0.1, 0.15) is 17.5 Å². The third kappa shape index (κ3) is 3.47. The fourth-order valence-corrected chi connectivity index (χ4v) is 2.32. The fraction of sp³-hybridized carbons (Fsp3) is 0.462. The lowest BCUT2D eigenvalue weighted by Gasteiger charge is -2.10. The summed E-state index contributed by atoms with van der Waals surface area (Å²) in [5.41, 5.74) is 0.134. The molecule has 0 aromatic heterocycles. The SMILES string of the molecule is O=C(O)[C@H]1CC(Cc2ccc(C(F)(F)F)cc2)CN1. The smallest absolute Gasteiger partial charge is 0.416 e. The maximum Gasteiger partial charge on any atom is 0.416 e. The molecule has 1 aliphatic rings. The minimum absolute atomic E-state index is 0.151. The summed E-state index contributed by atoms with van der Waals surface area (Å²) in [7, 11) is 0. The number of nitrogens with one attached hydrogen (secondary N) is 1. The molecule has 1 aromatic carbocycles. The first-order chi connectivity index (χ1) is 8.86. The molecule has 1 unspecified atom stereocenters. The highest BCUT2D eigenvalue weighted by molar-refractivity contribution is 5.73. The molecule has 2 atom stereocenters. The van der Waals surface area contributed by atoms with Crippen LogP contribution < -0.4 is 5.32 Å². The van der Waals surface area contributed by atoms with Crippen molar-refractivity contribution < 1.29 is 23.1 Å².